The van der Waals surface area contributed by atoms with Gasteiger partial charge in [-0.15, -0.1) is 0 Å². The lowest BCUT2D eigenvalue weighted by Crippen LogP contribution is -2.29. The standard InChI is InChI=1S/C18H23FN2/c1-3-14-8-10-15(11-9-14)18(20)13-21(2)12-16-6-4-5-7-17(16)19/h4-11,18H,3,12-13,20H2,1-2H3. The lowest BCUT2D eigenvalue weighted by atomic mass is 10.0. The van der Waals surface area contributed by atoms with Gasteiger partial charge in [0.2, 0.25) is 0 Å². The molecule has 1 atom stereocenters. The van der Waals surface area contributed by atoms with Crippen molar-refractivity contribution >= 4 is 0 Å². The minimum Gasteiger partial charge on any atom is -0.323 e. The molecular weight excluding hydrogens is 263 g/mol. The van der Waals surface area contributed by atoms with Crippen molar-refractivity contribution in [3.8, 4) is 0 Å². The zero-order chi connectivity index (χ0) is 15.2. The molecule has 2 rings (SSSR count). The van der Waals surface area contributed by atoms with E-state index in [0.717, 1.165) is 12.0 Å². The van der Waals surface area contributed by atoms with Crippen LogP contribution in [0.5, 0.6) is 0 Å². The number of nitrogens with two attached hydrogens (primary N) is 1. The first-order chi connectivity index (χ1) is 10.1. The maximum Gasteiger partial charge on any atom is 0.127 e. The second kappa shape index (κ2) is 7.34. The number of likely N-dealkylation sites (N-methyl/N-ethyl adjacent to an activating group) is 1. The van der Waals surface area contributed by atoms with Crippen LogP contribution in [-0.2, 0) is 13.0 Å². The molecule has 0 heterocycles. The number of nitrogens with zero attached hydrogens (tertiary/aromatic N) is 1. The molecule has 0 radical (unpaired) electrons. The van der Waals surface area contributed by atoms with Gasteiger partial charge in [-0.2, -0.15) is 0 Å². The predicted octanol–water partition coefficient (Wildman–Crippen LogP) is 3.52. The molecule has 0 spiro atoms. The van der Waals surface area contributed by atoms with E-state index in [0.29, 0.717) is 18.7 Å². The molecule has 0 aliphatic rings. The molecule has 21 heavy (non-hydrogen) atoms. The van der Waals surface area contributed by atoms with Crippen LogP contribution in [0.3, 0.4) is 0 Å². The minimum absolute atomic E-state index is 0.0623. The largest absolute Gasteiger partial charge is 0.323 e. The molecule has 0 aromatic heterocycles. The van der Waals surface area contributed by atoms with E-state index in [1.807, 2.05) is 19.2 Å². The van der Waals surface area contributed by atoms with E-state index in [1.165, 1.54) is 11.6 Å². The number of hydrogen-bond donors (Lipinski definition) is 1. The molecule has 0 amide bonds. The maximum atomic E-state index is 13.6. The van der Waals surface area contributed by atoms with Gasteiger partial charge in [-0.05, 0) is 30.7 Å². The molecule has 2 N–H and O–H groups in total. The van der Waals surface area contributed by atoms with Crippen molar-refractivity contribution in [3.05, 3.63) is 71.0 Å². The normalized spacial score (nSPS) is 12.6. The van der Waals surface area contributed by atoms with Gasteiger partial charge in [0.25, 0.3) is 0 Å². The lowest BCUT2D eigenvalue weighted by molar-refractivity contribution is 0.300. The minimum atomic E-state index is -0.162. The molecule has 0 fully saturated rings. The Morgan fingerprint density at radius 3 is 2.38 bits per heavy atom. The third-order valence-corrected chi connectivity index (χ3v) is 3.72. The van der Waals surface area contributed by atoms with Gasteiger partial charge in [0.05, 0.1) is 0 Å². The molecule has 0 aliphatic carbocycles. The predicted molar refractivity (Wildman–Crippen MR) is 85.5 cm³/mol. The summed E-state index contributed by atoms with van der Waals surface area (Å²) in [5.74, 6) is -0.162. The summed E-state index contributed by atoms with van der Waals surface area (Å²) in [7, 11) is 1.96. The third-order valence-electron chi connectivity index (χ3n) is 3.72. The Labute approximate surface area is 126 Å². The Morgan fingerprint density at radius 1 is 1.10 bits per heavy atom. The second-order valence-electron chi connectivity index (χ2n) is 5.49. The van der Waals surface area contributed by atoms with Gasteiger partial charge < -0.3 is 10.6 Å². The topological polar surface area (TPSA) is 29.3 Å². The highest BCUT2D eigenvalue weighted by Crippen LogP contribution is 2.15. The summed E-state index contributed by atoms with van der Waals surface area (Å²) < 4.78 is 13.6. The summed E-state index contributed by atoms with van der Waals surface area (Å²) in [5.41, 5.74) is 9.38. The van der Waals surface area contributed by atoms with Gasteiger partial charge in [0.15, 0.2) is 0 Å². The van der Waals surface area contributed by atoms with E-state index in [9.17, 15) is 4.39 Å². The Hall–Kier alpha value is -1.71. The molecule has 3 heteroatoms. The first-order valence-electron chi connectivity index (χ1n) is 7.36. The summed E-state index contributed by atoms with van der Waals surface area (Å²) in [6.45, 7) is 3.39. The summed E-state index contributed by atoms with van der Waals surface area (Å²) in [5, 5.41) is 0. The fourth-order valence-corrected chi connectivity index (χ4v) is 2.42. The highest BCUT2D eigenvalue weighted by molar-refractivity contribution is 5.25. The number of halogens is 1. The Kier molecular flexibility index (Phi) is 5.48. The number of benzene rings is 2. The van der Waals surface area contributed by atoms with Crippen LogP contribution >= 0.6 is 0 Å². The molecular formula is C18H23FN2. The number of rotatable bonds is 6. The average molecular weight is 286 g/mol. The smallest absolute Gasteiger partial charge is 0.127 e. The fraction of sp³-hybridized carbons (Fsp3) is 0.333. The SMILES string of the molecule is CCc1ccc(C(N)CN(C)Cc2ccccc2F)cc1. The van der Waals surface area contributed by atoms with Crippen molar-refractivity contribution in [2.45, 2.75) is 25.9 Å². The molecule has 0 aliphatic heterocycles. The van der Waals surface area contributed by atoms with Crippen LogP contribution in [0.4, 0.5) is 4.39 Å². The highest BCUT2D eigenvalue weighted by atomic mass is 19.1. The van der Waals surface area contributed by atoms with E-state index in [-0.39, 0.29) is 11.9 Å². The quantitative estimate of drug-likeness (QED) is 0.880. The van der Waals surface area contributed by atoms with Crippen LogP contribution < -0.4 is 5.73 Å². The summed E-state index contributed by atoms with van der Waals surface area (Å²) in [4.78, 5) is 2.05. The van der Waals surface area contributed by atoms with Crippen LogP contribution in [0.1, 0.15) is 29.7 Å². The van der Waals surface area contributed by atoms with Crippen LogP contribution in [0.2, 0.25) is 0 Å². The fourth-order valence-electron chi connectivity index (χ4n) is 2.42. The molecule has 0 saturated heterocycles. The van der Waals surface area contributed by atoms with Gasteiger partial charge in [-0.3, -0.25) is 0 Å². The summed E-state index contributed by atoms with van der Waals surface area (Å²) in [6, 6.07) is 15.2. The molecule has 0 saturated carbocycles. The zero-order valence-electron chi connectivity index (χ0n) is 12.7. The molecule has 1 unspecified atom stereocenters. The lowest BCUT2D eigenvalue weighted by Gasteiger charge is -2.22. The van der Waals surface area contributed by atoms with Crippen molar-refractivity contribution in [2.24, 2.45) is 5.73 Å². The van der Waals surface area contributed by atoms with Crippen molar-refractivity contribution < 1.29 is 4.39 Å². The maximum absolute atomic E-state index is 13.6. The Balaban J connectivity index is 1.95. The Morgan fingerprint density at radius 2 is 1.76 bits per heavy atom. The van der Waals surface area contributed by atoms with Crippen LogP contribution in [0.15, 0.2) is 48.5 Å². The van der Waals surface area contributed by atoms with Crippen molar-refractivity contribution in [3.63, 3.8) is 0 Å². The van der Waals surface area contributed by atoms with Crippen LogP contribution in [-0.4, -0.2) is 18.5 Å². The van der Waals surface area contributed by atoms with Crippen LogP contribution in [0, 0.1) is 5.82 Å². The first kappa shape index (κ1) is 15.7. The van der Waals surface area contributed by atoms with E-state index in [1.54, 1.807) is 6.07 Å². The first-order valence-corrected chi connectivity index (χ1v) is 7.36. The van der Waals surface area contributed by atoms with Gasteiger partial charge in [-0.25, -0.2) is 4.39 Å². The van der Waals surface area contributed by atoms with Gasteiger partial charge in [-0.1, -0.05) is 49.4 Å². The third kappa shape index (κ3) is 4.38. The zero-order valence-corrected chi connectivity index (χ0v) is 12.7. The second-order valence-corrected chi connectivity index (χ2v) is 5.49. The Bertz CT molecular complexity index is 566. The van der Waals surface area contributed by atoms with E-state index in [4.69, 9.17) is 5.73 Å². The van der Waals surface area contributed by atoms with E-state index >= 15 is 0 Å². The van der Waals surface area contributed by atoms with Gasteiger partial charge in [0, 0.05) is 24.7 Å². The highest BCUT2D eigenvalue weighted by Gasteiger charge is 2.11. The van der Waals surface area contributed by atoms with Crippen LogP contribution in [0.25, 0.3) is 0 Å². The monoisotopic (exact) mass is 286 g/mol. The molecule has 2 aromatic rings. The van der Waals surface area contributed by atoms with Crippen molar-refractivity contribution in [1.82, 2.24) is 4.90 Å². The number of aryl methyl sites for hydroxylation is 1. The molecule has 2 aromatic carbocycles. The number of hydrogen-bond acceptors (Lipinski definition) is 2. The van der Waals surface area contributed by atoms with Gasteiger partial charge in [0.1, 0.15) is 5.82 Å². The molecule has 2 nitrogen and oxygen atoms in total. The molecule has 0 bridgehead atoms. The van der Waals surface area contributed by atoms with E-state index in [2.05, 4.69) is 36.1 Å². The van der Waals surface area contributed by atoms with Crippen molar-refractivity contribution in [1.29, 1.82) is 0 Å². The summed E-state index contributed by atoms with van der Waals surface area (Å²) in [6.07, 6.45) is 1.03. The van der Waals surface area contributed by atoms with Crippen molar-refractivity contribution in [2.75, 3.05) is 13.6 Å². The molecule has 112 valence electrons. The van der Waals surface area contributed by atoms with Gasteiger partial charge >= 0.3 is 0 Å². The summed E-state index contributed by atoms with van der Waals surface area (Å²) >= 11 is 0. The van der Waals surface area contributed by atoms with E-state index < -0.39 is 0 Å². The average Bonchev–Trinajstić information content (AvgIpc) is 2.49.